The van der Waals surface area contributed by atoms with Gasteiger partial charge in [-0.05, 0) is 24.1 Å². The van der Waals surface area contributed by atoms with Crippen molar-refractivity contribution in [2.24, 2.45) is 5.73 Å². The van der Waals surface area contributed by atoms with Gasteiger partial charge in [-0.3, -0.25) is 0 Å². The summed E-state index contributed by atoms with van der Waals surface area (Å²) in [4.78, 5) is 8.43. The van der Waals surface area contributed by atoms with E-state index in [0.717, 1.165) is 11.3 Å². The molecule has 0 amide bonds. The predicted octanol–water partition coefficient (Wildman–Crippen LogP) is 1.86. The molecule has 0 bridgehead atoms. The number of hydrogen-bond acceptors (Lipinski definition) is 4. The van der Waals surface area contributed by atoms with Gasteiger partial charge in [0.2, 0.25) is 5.95 Å². The third-order valence-electron chi connectivity index (χ3n) is 2.50. The third-order valence-corrected chi connectivity index (χ3v) is 2.50. The Kier molecular flexibility index (Phi) is 3.67. The number of aryl methyl sites for hydroxylation is 1. The van der Waals surface area contributed by atoms with E-state index in [0.29, 0.717) is 19.0 Å². The smallest absolute Gasteiger partial charge is 0.223 e. The fourth-order valence-electron chi connectivity index (χ4n) is 1.51. The van der Waals surface area contributed by atoms with Gasteiger partial charge < -0.3 is 11.1 Å². The minimum absolute atomic E-state index is 0.578. The van der Waals surface area contributed by atoms with Crippen LogP contribution < -0.4 is 11.1 Å². The largest absolute Gasteiger partial charge is 0.350 e. The van der Waals surface area contributed by atoms with Gasteiger partial charge in [0.05, 0.1) is 0 Å². The molecule has 2 rings (SSSR count). The molecule has 2 aromatic rings. The van der Waals surface area contributed by atoms with E-state index >= 15 is 0 Å². The van der Waals surface area contributed by atoms with Crippen LogP contribution in [-0.4, -0.2) is 9.97 Å². The van der Waals surface area contributed by atoms with Crippen LogP contribution in [0.1, 0.15) is 16.8 Å². The van der Waals surface area contributed by atoms with Crippen molar-refractivity contribution >= 4 is 5.95 Å². The average Bonchev–Trinajstić information content (AvgIpc) is 2.37. The number of nitrogens with two attached hydrogens (primary N) is 1. The summed E-state index contributed by atoms with van der Waals surface area (Å²) in [5.74, 6) is 0.660. The summed E-state index contributed by atoms with van der Waals surface area (Å²) in [6.45, 7) is 3.24. The van der Waals surface area contributed by atoms with Crippen LogP contribution in [-0.2, 0) is 13.1 Å². The van der Waals surface area contributed by atoms with E-state index < -0.39 is 0 Å². The Labute approximate surface area is 101 Å². The number of nitrogens with zero attached hydrogens (tertiary/aromatic N) is 2. The van der Waals surface area contributed by atoms with E-state index in [2.05, 4.69) is 27.4 Å². The van der Waals surface area contributed by atoms with Gasteiger partial charge in [0.1, 0.15) is 0 Å². The number of anilines is 1. The Morgan fingerprint density at radius 2 is 1.82 bits per heavy atom. The Morgan fingerprint density at radius 1 is 1.12 bits per heavy atom. The van der Waals surface area contributed by atoms with Gasteiger partial charge in [0, 0.05) is 25.0 Å². The molecule has 0 saturated carbocycles. The molecule has 0 atom stereocenters. The lowest BCUT2D eigenvalue weighted by Gasteiger charge is -2.05. The van der Waals surface area contributed by atoms with Crippen LogP contribution in [0.15, 0.2) is 36.5 Å². The molecule has 4 nitrogen and oxygen atoms in total. The zero-order valence-corrected chi connectivity index (χ0v) is 9.85. The molecule has 0 aliphatic rings. The Morgan fingerprint density at radius 3 is 2.47 bits per heavy atom. The molecule has 1 aromatic carbocycles. The quantitative estimate of drug-likeness (QED) is 0.838. The van der Waals surface area contributed by atoms with Crippen molar-refractivity contribution in [3.8, 4) is 0 Å². The van der Waals surface area contributed by atoms with Crippen LogP contribution in [0.3, 0.4) is 0 Å². The molecule has 3 N–H and O–H groups in total. The monoisotopic (exact) mass is 228 g/mol. The number of rotatable bonds is 4. The topological polar surface area (TPSA) is 63.8 Å². The number of aromatic nitrogens is 2. The van der Waals surface area contributed by atoms with Crippen LogP contribution in [0.5, 0.6) is 0 Å². The molecule has 1 heterocycles. The minimum atomic E-state index is 0.578. The van der Waals surface area contributed by atoms with Crippen LogP contribution in [0.4, 0.5) is 5.95 Å². The summed E-state index contributed by atoms with van der Waals surface area (Å²) in [7, 11) is 0. The molecule has 0 spiro atoms. The predicted molar refractivity (Wildman–Crippen MR) is 68.4 cm³/mol. The van der Waals surface area contributed by atoms with E-state index in [1.165, 1.54) is 5.56 Å². The van der Waals surface area contributed by atoms with Gasteiger partial charge >= 0.3 is 0 Å². The lowest BCUT2D eigenvalue weighted by atomic mass is 10.1. The number of benzene rings is 1. The highest BCUT2D eigenvalue weighted by Crippen LogP contribution is 2.06. The maximum Gasteiger partial charge on any atom is 0.223 e. The minimum Gasteiger partial charge on any atom is -0.350 e. The van der Waals surface area contributed by atoms with E-state index in [-0.39, 0.29) is 0 Å². The molecule has 0 aliphatic carbocycles. The second-order valence-electron chi connectivity index (χ2n) is 3.90. The fraction of sp³-hybridized carbons (Fsp3) is 0.231. The Bertz CT molecular complexity index is 479. The lowest BCUT2D eigenvalue weighted by molar-refractivity contribution is 1.02. The second kappa shape index (κ2) is 5.41. The molecule has 4 heteroatoms. The van der Waals surface area contributed by atoms with E-state index in [4.69, 9.17) is 5.73 Å². The molecular weight excluding hydrogens is 212 g/mol. The highest BCUT2D eigenvalue weighted by Gasteiger charge is 1.97. The van der Waals surface area contributed by atoms with Gasteiger partial charge in [-0.2, -0.15) is 0 Å². The average molecular weight is 228 g/mol. The summed E-state index contributed by atoms with van der Waals surface area (Å²) in [6, 6.07) is 10.1. The summed E-state index contributed by atoms with van der Waals surface area (Å²) in [5, 5.41) is 3.19. The number of hydrogen-bond donors (Lipinski definition) is 2. The molecule has 1 aromatic heterocycles. The van der Waals surface area contributed by atoms with Crippen LogP contribution in [0.25, 0.3) is 0 Å². The molecule has 17 heavy (non-hydrogen) atoms. The van der Waals surface area contributed by atoms with Gasteiger partial charge in [-0.15, -0.1) is 0 Å². The molecule has 0 saturated heterocycles. The second-order valence-corrected chi connectivity index (χ2v) is 3.90. The van der Waals surface area contributed by atoms with Crippen molar-refractivity contribution in [3.63, 3.8) is 0 Å². The third kappa shape index (κ3) is 3.26. The van der Waals surface area contributed by atoms with E-state index in [9.17, 15) is 0 Å². The van der Waals surface area contributed by atoms with Crippen LogP contribution in [0.2, 0.25) is 0 Å². The normalized spacial score (nSPS) is 10.2. The Balaban J connectivity index is 1.97. The zero-order valence-electron chi connectivity index (χ0n) is 9.85. The maximum absolute atomic E-state index is 5.55. The first-order valence-electron chi connectivity index (χ1n) is 5.59. The first-order valence-corrected chi connectivity index (χ1v) is 5.59. The molecule has 0 radical (unpaired) electrons. The van der Waals surface area contributed by atoms with Gasteiger partial charge in [-0.1, -0.05) is 24.3 Å². The van der Waals surface area contributed by atoms with Gasteiger partial charge in [0.15, 0.2) is 0 Å². The molecule has 88 valence electrons. The summed E-state index contributed by atoms with van der Waals surface area (Å²) < 4.78 is 0. The molecule has 0 unspecified atom stereocenters. The maximum atomic E-state index is 5.55. The molecule has 0 aliphatic heterocycles. The highest BCUT2D eigenvalue weighted by molar-refractivity contribution is 5.29. The summed E-state index contributed by atoms with van der Waals surface area (Å²) in [5.41, 5.74) is 8.83. The van der Waals surface area contributed by atoms with E-state index in [1.54, 1.807) is 6.20 Å². The van der Waals surface area contributed by atoms with Crippen LogP contribution in [0, 0.1) is 6.92 Å². The van der Waals surface area contributed by atoms with Gasteiger partial charge in [-0.25, -0.2) is 9.97 Å². The first kappa shape index (κ1) is 11.5. The van der Waals surface area contributed by atoms with Crippen molar-refractivity contribution in [1.82, 2.24) is 9.97 Å². The van der Waals surface area contributed by atoms with Crippen molar-refractivity contribution in [1.29, 1.82) is 0 Å². The van der Waals surface area contributed by atoms with Gasteiger partial charge in [0.25, 0.3) is 0 Å². The number of nitrogens with one attached hydrogen (secondary N) is 1. The van der Waals surface area contributed by atoms with Crippen LogP contribution >= 0.6 is 0 Å². The lowest BCUT2D eigenvalue weighted by Crippen LogP contribution is -2.04. The van der Waals surface area contributed by atoms with Crippen molar-refractivity contribution in [3.05, 3.63) is 53.3 Å². The zero-order chi connectivity index (χ0) is 12.1. The first-order chi connectivity index (χ1) is 8.28. The van der Waals surface area contributed by atoms with E-state index in [1.807, 2.05) is 25.1 Å². The molecular formula is C13H16N4. The standard InChI is InChI=1S/C13H16N4/c1-10-6-7-15-13(17-10)16-9-12-4-2-11(8-14)3-5-12/h2-7H,8-9,14H2,1H3,(H,15,16,17). The summed E-state index contributed by atoms with van der Waals surface area (Å²) >= 11 is 0. The summed E-state index contributed by atoms with van der Waals surface area (Å²) in [6.07, 6.45) is 1.75. The molecule has 0 fully saturated rings. The Hall–Kier alpha value is -1.94. The fourth-order valence-corrected chi connectivity index (χ4v) is 1.51. The highest BCUT2D eigenvalue weighted by atomic mass is 15.1. The SMILES string of the molecule is Cc1ccnc(NCc2ccc(CN)cc2)n1. The van der Waals surface area contributed by atoms with Crippen molar-refractivity contribution < 1.29 is 0 Å². The van der Waals surface area contributed by atoms with Crippen molar-refractivity contribution in [2.45, 2.75) is 20.0 Å². The van der Waals surface area contributed by atoms with Crippen molar-refractivity contribution in [2.75, 3.05) is 5.32 Å².